The molecular formula is C15H30N2O. The van der Waals surface area contributed by atoms with Crippen molar-refractivity contribution in [2.45, 2.75) is 58.6 Å². The van der Waals surface area contributed by atoms with E-state index in [4.69, 9.17) is 0 Å². The molecule has 3 nitrogen and oxygen atoms in total. The molecule has 2 aliphatic rings. The Morgan fingerprint density at radius 3 is 2.17 bits per heavy atom. The Kier molecular flexibility index (Phi) is 4.68. The third-order valence-electron chi connectivity index (χ3n) is 5.01. The van der Waals surface area contributed by atoms with Crippen LogP contribution in [0.2, 0.25) is 0 Å². The first kappa shape index (κ1) is 14.3. The minimum absolute atomic E-state index is 0.00945. The van der Waals surface area contributed by atoms with Gasteiger partial charge in [-0.15, -0.1) is 0 Å². The van der Waals surface area contributed by atoms with Gasteiger partial charge in [0.05, 0.1) is 6.10 Å². The van der Waals surface area contributed by atoms with Crippen LogP contribution in [-0.4, -0.2) is 59.8 Å². The second-order valence-corrected chi connectivity index (χ2v) is 6.91. The van der Waals surface area contributed by atoms with Gasteiger partial charge in [0.2, 0.25) is 0 Å². The molecule has 1 unspecified atom stereocenters. The van der Waals surface area contributed by atoms with Crippen molar-refractivity contribution in [2.75, 3.05) is 32.7 Å². The second kappa shape index (κ2) is 5.89. The number of piperazine rings is 1. The van der Waals surface area contributed by atoms with E-state index in [9.17, 15) is 5.11 Å². The van der Waals surface area contributed by atoms with Crippen LogP contribution in [0.15, 0.2) is 0 Å². The van der Waals surface area contributed by atoms with E-state index >= 15 is 0 Å². The first-order chi connectivity index (χ1) is 8.49. The minimum Gasteiger partial charge on any atom is -0.393 e. The lowest BCUT2D eigenvalue weighted by Crippen LogP contribution is -2.52. The molecule has 0 radical (unpaired) electrons. The van der Waals surface area contributed by atoms with Gasteiger partial charge in [-0.3, -0.25) is 4.90 Å². The minimum atomic E-state index is -0.231. The number of rotatable bonds is 4. The van der Waals surface area contributed by atoms with Crippen LogP contribution >= 0.6 is 0 Å². The zero-order valence-corrected chi connectivity index (χ0v) is 12.4. The number of aliphatic hydroxyl groups is 1. The second-order valence-electron chi connectivity index (χ2n) is 6.91. The Bertz CT molecular complexity index is 251. The molecule has 0 amide bonds. The molecule has 2 fully saturated rings. The first-order valence-corrected chi connectivity index (χ1v) is 7.63. The average Bonchev–Trinajstić information content (AvgIpc) is 2.83. The summed E-state index contributed by atoms with van der Waals surface area (Å²) in [7, 11) is 0. The molecule has 0 aromatic heterocycles. The first-order valence-electron chi connectivity index (χ1n) is 7.63. The molecule has 0 spiro atoms. The highest BCUT2D eigenvalue weighted by Crippen LogP contribution is 2.26. The van der Waals surface area contributed by atoms with Crippen molar-refractivity contribution in [1.29, 1.82) is 0 Å². The van der Waals surface area contributed by atoms with Gasteiger partial charge in [0.25, 0.3) is 0 Å². The standard InChI is InChI=1S/C15H30N2O/c1-13(18)15(2,3)12-16-8-10-17(11-9-16)14-6-4-5-7-14/h13-14,18H,4-12H2,1-3H3. The Labute approximate surface area is 112 Å². The summed E-state index contributed by atoms with van der Waals surface area (Å²) in [5.74, 6) is 0. The molecule has 3 heteroatoms. The van der Waals surface area contributed by atoms with Gasteiger partial charge < -0.3 is 10.0 Å². The Balaban J connectivity index is 1.76. The Morgan fingerprint density at radius 2 is 1.67 bits per heavy atom. The van der Waals surface area contributed by atoms with E-state index in [2.05, 4.69) is 23.6 Å². The predicted octanol–water partition coefficient (Wildman–Crippen LogP) is 1.95. The highest BCUT2D eigenvalue weighted by molar-refractivity contribution is 4.85. The topological polar surface area (TPSA) is 26.7 Å². The van der Waals surface area contributed by atoms with Gasteiger partial charge in [-0.2, -0.15) is 0 Å². The Hall–Kier alpha value is -0.120. The summed E-state index contributed by atoms with van der Waals surface area (Å²) in [5, 5.41) is 9.80. The van der Waals surface area contributed by atoms with E-state index in [0.717, 1.165) is 12.6 Å². The summed E-state index contributed by atoms with van der Waals surface area (Å²) in [6.45, 7) is 12.1. The summed E-state index contributed by atoms with van der Waals surface area (Å²) in [6.07, 6.45) is 5.46. The van der Waals surface area contributed by atoms with E-state index in [1.54, 1.807) is 0 Å². The maximum absolute atomic E-state index is 9.80. The van der Waals surface area contributed by atoms with Crippen LogP contribution in [0.25, 0.3) is 0 Å². The van der Waals surface area contributed by atoms with Crippen LogP contribution in [0.1, 0.15) is 46.5 Å². The SMILES string of the molecule is CC(O)C(C)(C)CN1CCN(C2CCCC2)CC1. The fraction of sp³-hybridized carbons (Fsp3) is 1.00. The van der Waals surface area contributed by atoms with Crippen LogP contribution in [0.5, 0.6) is 0 Å². The van der Waals surface area contributed by atoms with Crippen molar-refractivity contribution in [1.82, 2.24) is 9.80 Å². The summed E-state index contributed by atoms with van der Waals surface area (Å²) in [5.41, 5.74) is 0.00945. The van der Waals surface area contributed by atoms with Crippen LogP contribution in [0.4, 0.5) is 0 Å². The maximum atomic E-state index is 9.80. The van der Waals surface area contributed by atoms with Gasteiger partial charge in [-0.05, 0) is 19.8 Å². The monoisotopic (exact) mass is 254 g/mol. The summed E-state index contributed by atoms with van der Waals surface area (Å²) < 4.78 is 0. The number of hydrogen-bond acceptors (Lipinski definition) is 3. The number of hydrogen-bond donors (Lipinski definition) is 1. The summed E-state index contributed by atoms with van der Waals surface area (Å²) in [6, 6.07) is 0.872. The maximum Gasteiger partial charge on any atom is 0.0575 e. The van der Waals surface area contributed by atoms with Crippen LogP contribution in [0.3, 0.4) is 0 Å². The normalized spacial score (nSPS) is 26.7. The van der Waals surface area contributed by atoms with Crippen molar-refractivity contribution in [3.63, 3.8) is 0 Å². The highest BCUT2D eigenvalue weighted by Gasteiger charge is 2.30. The van der Waals surface area contributed by atoms with Crippen molar-refractivity contribution < 1.29 is 5.11 Å². The molecule has 1 aliphatic heterocycles. The molecule has 0 bridgehead atoms. The van der Waals surface area contributed by atoms with Crippen LogP contribution in [0, 0.1) is 5.41 Å². The van der Waals surface area contributed by atoms with E-state index in [1.165, 1.54) is 51.9 Å². The average molecular weight is 254 g/mol. The summed E-state index contributed by atoms with van der Waals surface area (Å²) >= 11 is 0. The zero-order chi connectivity index (χ0) is 13.2. The van der Waals surface area contributed by atoms with Crippen molar-refractivity contribution in [3.8, 4) is 0 Å². The third-order valence-corrected chi connectivity index (χ3v) is 5.01. The third kappa shape index (κ3) is 3.46. The van der Waals surface area contributed by atoms with Crippen molar-refractivity contribution in [2.24, 2.45) is 5.41 Å². The highest BCUT2D eigenvalue weighted by atomic mass is 16.3. The molecule has 0 aromatic carbocycles. The van der Waals surface area contributed by atoms with Gasteiger partial charge in [0.1, 0.15) is 0 Å². The van der Waals surface area contributed by atoms with Gasteiger partial charge >= 0.3 is 0 Å². The molecule has 1 aliphatic carbocycles. The molecule has 1 saturated carbocycles. The van der Waals surface area contributed by atoms with Crippen LogP contribution in [-0.2, 0) is 0 Å². The van der Waals surface area contributed by atoms with Gasteiger partial charge in [0.15, 0.2) is 0 Å². The molecule has 18 heavy (non-hydrogen) atoms. The largest absolute Gasteiger partial charge is 0.393 e. The van der Waals surface area contributed by atoms with E-state index in [-0.39, 0.29) is 11.5 Å². The molecule has 2 rings (SSSR count). The fourth-order valence-corrected chi connectivity index (χ4v) is 3.26. The van der Waals surface area contributed by atoms with Gasteiger partial charge in [-0.25, -0.2) is 0 Å². The zero-order valence-electron chi connectivity index (χ0n) is 12.4. The van der Waals surface area contributed by atoms with Crippen LogP contribution < -0.4 is 0 Å². The smallest absolute Gasteiger partial charge is 0.0575 e. The van der Waals surface area contributed by atoms with Crippen molar-refractivity contribution >= 4 is 0 Å². The van der Waals surface area contributed by atoms with Gasteiger partial charge in [-0.1, -0.05) is 26.7 Å². The molecule has 0 aromatic rings. The molecular weight excluding hydrogens is 224 g/mol. The van der Waals surface area contributed by atoms with E-state index < -0.39 is 0 Å². The molecule has 106 valence electrons. The van der Waals surface area contributed by atoms with E-state index in [1.807, 2.05) is 6.92 Å². The summed E-state index contributed by atoms with van der Waals surface area (Å²) in [4.78, 5) is 5.22. The molecule has 1 atom stereocenters. The lowest BCUT2D eigenvalue weighted by Gasteiger charge is -2.41. The van der Waals surface area contributed by atoms with Gasteiger partial charge in [0, 0.05) is 44.2 Å². The van der Waals surface area contributed by atoms with E-state index in [0.29, 0.717) is 0 Å². The quantitative estimate of drug-likeness (QED) is 0.831. The predicted molar refractivity (Wildman–Crippen MR) is 75.7 cm³/mol. The fourth-order valence-electron chi connectivity index (χ4n) is 3.26. The molecule has 1 saturated heterocycles. The lowest BCUT2D eigenvalue weighted by atomic mass is 9.86. The molecule has 1 N–H and O–H groups in total. The number of nitrogens with zero attached hydrogens (tertiary/aromatic N) is 2. The molecule has 1 heterocycles. The number of aliphatic hydroxyl groups excluding tert-OH is 1. The Morgan fingerprint density at radius 1 is 1.11 bits per heavy atom. The van der Waals surface area contributed by atoms with Crippen molar-refractivity contribution in [3.05, 3.63) is 0 Å². The lowest BCUT2D eigenvalue weighted by molar-refractivity contribution is 0.0134.